The zero-order valence-corrected chi connectivity index (χ0v) is 10.4. The quantitative estimate of drug-likeness (QED) is 0.675. The van der Waals surface area contributed by atoms with Crippen LogP contribution in [0.25, 0.3) is 6.08 Å². The summed E-state index contributed by atoms with van der Waals surface area (Å²) < 4.78 is 116. The van der Waals surface area contributed by atoms with Crippen molar-refractivity contribution in [2.75, 3.05) is 0 Å². The standard InChI is InChI=1S/C13H6F9/c14-10(15,11(16,17)12(18,19)13(20,21)22)9-6-5-7-3-1-2-4-8(7)9/h1-6H. The van der Waals surface area contributed by atoms with Gasteiger partial charge in [-0.15, -0.1) is 0 Å². The number of alkyl halides is 9. The Bertz CT molecular complexity index is 598. The highest BCUT2D eigenvalue weighted by Crippen LogP contribution is 2.57. The molecule has 9 heteroatoms. The molecule has 0 aliphatic heterocycles. The Labute approximate surface area is 118 Å². The second-order valence-electron chi connectivity index (χ2n) is 4.56. The first-order valence-corrected chi connectivity index (χ1v) is 5.69. The highest BCUT2D eigenvalue weighted by molar-refractivity contribution is 5.70. The van der Waals surface area contributed by atoms with Crippen LogP contribution in [0, 0.1) is 5.92 Å². The maximum atomic E-state index is 13.8. The molecule has 1 aromatic rings. The summed E-state index contributed by atoms with van der Waals surface area (Å²) in [7, 11) is 0. The fraction of sp³-hybridized carbons (Fsp3) is 0.308. The van der Waals surface area contributed by atoms with Gasteiger partial charge < -0.3 is 0 Å². The van der Waals surface area contributed by atoms with E-state index in [0.717, 1.165) is 12.1 Å². The van der Waals surface area contributed by atoms with Crippen molar-refractivity contribution in [3.05, 3.63) is 47.4 Å². The lowest BCUT2D eigenvalue weighted by Gasteiger charge is -2.36. The first-order valence-electron chi connectivity index (χ1n) is 5.69. The summed E-state index contributed by atoms with van der Waals surface area (Å²) in [6.45, 7) is 0. The second kappa shape index (κ2) is 4.66. The number of benzene rings is 1. The molecule has 1 aromatic carbocycles. The summed E-state index contributed by atoms with van der Waals surface area (Å²) in [4.78, 5) is 0. The highest BCUT2D eigenvalue weighted by atomic mass is 19.4. The Morgan fingerprint density at radius 3 is 1.73 bits per heavy atom. The molecule has 0 nitrogen and oxygen atoms in total. The van der Waals surface area contributed by atoms with Gasteiger partial charge in [0.25, 0.3) is 0 Å². The minimum atomic E-state index is -6.89. The molecule has 0 bridgehead atoms. The van der Waals surface area contributed by atoms with Crippen molar-refractivity contribution < 1.29 is 39.5 Å². The van der Waals surface area contributed by atoms with Gasteiger partial charge >= 0.3 is 23.9 Å². The lowest BCUT2D eigenvalue weighted by atomic mass is 9.87. The van der Waals surface area contributed by atoms with Gasteiger partial charge in [-0.25, -0.2) is 0 Å². The van der Waals surface area contributed by atoms with Crippen LogP contribution < -0.4 is 0 Å². The fourth-order valence-electron chi connectivity index (χ4n) is 1.97. The van der Waals surface area contributed by atoms with Crippen molar-refractivity contribution in [3.8, 4) is 0 Å². The van der Waals surface area contributed by atoms with Crippen LogP contribution in [-0.2, 0) is 0 Å². The SMILES string of the molecule is FC(F)(F)C(F)(F)C(F)(F)C(F)(F)[C]1C=Cc2ccccc21. The lowest BCUT2D eigenvalue weighted by molar-refractivity contribution is -0.391. The molecule has 1 aliphatic rings. The molecule has 0 aromatic heterocycles. The molecule has 0 saturated heterocycles. The van der Waals surface area contributed by atoms with E-state index in [1.54, 1.807) is 0 Å². The Morgan fingerprint density at radius 2 is 1.18 bits per heavy atom. The molecule has 2 rings (SSSR count). The smallest absolute Gasteiger partial charge is 0.198 e. The van der Waals surface area contributed by atoms with Crippen molar-refractivity contribution in [2.45, 2.75) is 23.9 Å². The summed E-state index contributed by atoms with van der Waals surface area (Å²) in [5, 5.41) is 0. The molecule has 121 valence electrons. The molecule has 0 fully saturated rings. The minimum Gasteiger partial charge on any atom is -0.198 e. The number of allylic oxidation sites excluding steroid dienone is 1. The third kappa shape index (κ3) is 2.09. The van der Waals surface area contributed by atoms with Crippen LogP contribution in [0.5, 0.6) is 0 Å². The first kappa shape index (κ1) is 16.7. The number of hydrogen-bond acceptors (Lipinski definition) is 0. The number of halogens is 9. The van der Waals surface area contributed by atoms with Crippen molar-refractivity contribution in [2.24, 2.45) is 0 Å². The predicted octanol–water partition coefficient (Wildman–Crippen LogP) is 5.10. The van der Waals surface area contributed by atoms with Crippen LogP contribution in [0.2, 0.25) is 0 Å². The molecule has 22 heavy (non-hydrogen) atoms. The maximum absolute atomic E-state index is 13.8. The third-order valence-corrected chi connectivity index (χ3v) is 3.16. The van der Waals surface area contributed by atoms with E-state index in [0.29, 0.717) is 6.08 Å². The first-order chi connectivity index (χ1) is 9.84. The van der Waals surface area contributed by atoms with Gasteiger partial charge in [0.1, 0.15) is 5.92 Å². The van der Waals surface area contributed by atoms with Crippen molar-refractivity contribution in [1.29, 1.82) is 0 Å². The van der Waals surface area contributed by atoms with Gasteiger partial charge in [0.05, 0.1) is 0 Å². The summed E-state index contributed by atoms with van der Waals surface area (Å²) in [6, 6.07) is 4.70. The predicted molar refractivity (Wildman–Crippen MR) is 58.7 cm³/mol. The van der Waals surface area contributed by atoms with Gasteiger partial charge in [0.15, 0.2) is 0 Å². The minimum absolute atomic E-state index is 0.0169. The molecule has 0 atom stereocenters. The van der Waals surface area contributed by atoms with Gasteiger partial charge in [0, 0.05) is 0 Å². The van der Waals surface area contributed by atoms with Crippen LogP contribution in [-0.4, -0.2) is 23.9 Å². The van der Waals surface area contributed by atoms with Crippen LogP contribution in [0.3, 0.4) is 0 Å². The maximum Gasteiger partial charge on any atom is 0.460 e. The summed E-state index contributed by atoms with van der Waals surface area (Å²) in [5.41, 5.74) is -0.506. The van der Waals surface area contributed by atoms with E-state index < -0.39 is 35.4 Å². The normalized spacial score (nSPS) is 17.0. The molecule has 0 spiro atoms. The van der Waals surface area contributed by atoms with E-state index in [4.69, 9.17) is 0 Å². The Balaban J connectivity index is 2.49. The molecule has 1 aliphatic carbocycles. The zero-order chi connectivity index (χ0) is 17.0. The van der Waals surface area contributed by atoms with Crippen molar-refractivity contribution >= 4 is 6.08 Å². The van der Waals surface area contributed by atoms with E-state index in [-0.39, 0.29) is 5.56 Å². The zero-order valence-electron chi connectivity index (χ0n) is 10.4. The molecule has 1 radical (unpaired) electrons. The third-order valence-electron chi connectivity index (χ3n) is 3.16. The number of hydrogen-bond donors (Lipinski definition) is 0. The average molecular weight is 333 g/mol. The van der Waals surface area contributed by atoms with Crippen LogP contribution >= 0.6 is 0 Å². The van der Waals surface area contributed by atoms with E-state index in [1.807, 2.05) is 0 Å². The van der Waals surface area contributed by atoms with E-state index in [2.05, 4.69) is 0 Å². The molecule has 0 heterocycles. The van der Waals surface area contributed by atoms with Crippen LogP contribution in [0.15, 0.2) is 30.3 Å². The van der Waals surface area contributed by atoms with Gasteiger partial charge in [-0.05, 0) is 11.1 Å². The van der Waals surface area contributed by atoms with E-state index in [9.17, 15) is 39.5 Å². The van der Waals surface area contributed by atoms with E-state index >= 15 is 0 Å². The Hall–Kier alpha value is -1.67. The fourth-order valence-corrected chi connectivity index (χ4v) is 1.97. The molecule has 0 amide bonds. The Kier molecular flexibility index (Phi) is 3.54. The van der Waals surface area contributed by atoms with Crippen molar-refractivity contribution in [3.63, 3.8) is 0 Å². The Morgan fingerprint density at radius 1 is 0.636 bits per heavy atom. The topological polar surface area (TPSA) is 0 Å². The van der Waals surface area contributed by atoms with Crippen LogP contribution in [0.1, 0.15) is 11.1 Å². The summed E-state index contributed by atoms with van der Waals surface area (Å²) >= 11 is 0. The van der Waals surface area contributed by atoms with E-state index in [1.165, 1.54) is 18.2 Å². The lowest BCUT2D eigenvalue weighted by Crippen LogP contribution is -2.62. The molecule has 0 unspecified atom stereocenters. The number of rotatable bonds is 3. The molecular formula is C13H6F9. The van der Waals surface area contributed by atoms with Gasteiger partial charge in [0.2, 0.25) is 0 Å². The van der Waals surface area contributed by atoms with Gasteiger partial charge in [-0.3, -0.25) is 0 Å². The summed E-state index contributed by atoms with van der Waals surface area (Å²) in [5.74, 6) is -20.8. The molecular weight excluding hydrogens is 327 g/mol. The molecule has 0 saturated carbocycles. The summed E-state index contributed by atoms with van der Waals surface area (Å²) in [6.07, 6.45) is -5.48. The average Bonchev–Trinajstić information content (AvgIpc) is 2.81. The monoisotopic (exact) mass is 333 g/mol. The van der Waals surface area contributed by atoms with Crippen LogP contribution in [0.4, 0.5) is 39.5 Å². The van der Waals surface area contributed by atoms with Gasteiger partial charge in [-0.2, -0.15) is 39.5 Å². The number of fused-ring (bicyclic) bond motifs is 1. The highest BCUT2D eigenvalue weighted by Gasteiger charge is 2.83. The largest absolute Gasteiger partial charge is 0.460 e. The molecule has 0 N–H and O–H groups in total. The van der Waals surface area contributed by atoms with Crippen molar-refractivity contribution in [1.82, 2.24) is 0 Å². The second-order valence-corrected chi connectivity index (χ2v) is 4.56. The van der Waals surface area contributed by atoms with Gasteiger partial charge in [-0.1, -0.05) is 36.4 Å².